The van der Waals surface area contributed by atoms with Crippen molar-refractivity contribution in [3.63, 3.8) is 0 Å². The molecule has 1 unspecified atom stereocenters. The van der Waals surface area contributed by atoms with Gasteiger partial charge in [-0.2, -0.15) is 0 Å². The van der Waals surface area contributed by atoms with E-state index in [-0.39, 0.29) is 6.04 Å². The average molecular weight is 272 g/mol. The van der Waals surface area contributed by atoms with E-state index in [0.717, 1.165) is 29.2 Å². The van der Waals surface area contributed by atoms with Crippen molar-refractivity contribution in [3.05, 3.63) is 53.9 Å². The molecule has 1 heterocycles. The number of benzene rings is 1. The number of nitrogens with zero attached hydrogens (tertiary/aromatic N) is 1. The van der Waals surface area contributed by atoms with Gasteiger partial charge in [-0.15, -0.1) is 0 Å². The third kappa shape index (κ3) is 3.71. The first kappa shape index (κ1) is 14.3. The topological polar surface area (TPSA) is 57.4 Å². The monoisotopic (exact) mass is 272 g/mol. The standard InChI is InChI=1S/C16H20N2O2/c1-12(17)15-7-6-14(19-2)11-16(15)20-10-8-13-5-3-4-9-18-13/h3-7,9,11-12H,8,10,17H2,1-2H3. The van der Waals surface area contributed by atoms with E-state index in [2.05, 4.69) is 4.98 Å². The van der Waals surface area contributed by atoms with Gasteiger partial charge in [0, 0.05) is 36.0 Å². The van der Waals surface area contributed by atoms with Crippen LogP contribution in [0.2, 0.25) is 0 Å². The molecule has 2 aromatic rings. The van der Waals surface area contributed by atoms with Crippen LogP contribution >= 0.6 is 0 Å². The van der Waals surface area contributed by atoms with E-state index in [1.54, 1.807) is 13.3 Å². The van der Waals surface area contributed by atoms with E-state index in [0.29, 0.717) is 6.61 Å². The first-order valence-corrected chi connectivity index (χ1v) is 6.67. The Kier molecular flexibility index (Phi) is 4.96. The molecule has 0 aliphatic heterocycles. The molecule has 0 spiro atoms. The van der Waals surface area contributed by atoms with Gasteiger partial charge in [0.15, 0.2) is 0 Å². The molecule has 0 bridgehead atoms. The molecule has 0 saturated carbocycles. The molecule has 0 saturated heterocycles. The predicted molar refractivity (Wildman–Crippen MR) is 79.0 cm³/mol. The second kappa shape index (κ2) is 6.91. The number of hydrogen-bond acceptors (Lipinski definition) is 4. The van der Waals surface area contributed by atoms with Crippen molar-refractivity contribution in [2.24, 2.45) is 5.73 Å². The minimum absolute atomic E-state index is 0.0780. The van der Waals surface area contributed by atoms with Crippen molar-refractivity contribution in [2.45, 2.75) is 19.4 Å². The highest BCUT2D eigenvalue weighted by Crippen LogP contribution is 2.28. The van der Waals surface area contributed by atoms with Gasteiger partial charge in [-0.1, -0.05) is 12.1 Å². The highest BCUT2D eigenvalue weighted by atomic mass is 16.5. The highest BCUT2D eigenvalue weighted by molar-refractivity contribution is 5.42. The molecule has 0 aliphatic rings. The number of pyridine rings is 1. The summed E-state index contributed by atoms with van der Waals surface area (Å²) in [6.07, 6.45) is 2.55. The van der Waals surface area contributed by atoms with Crippen molar-refractivity contribution < 1.29 is 9.47 Å². The Morgan fingerprint density at radius 1 is 1.25 bits per heavy atom. The van der Waals surface area contributed by atoms with E-state index in [9.17, 15) is 0 Å². The molecule has 106 valence electrons. The van der Waals surface area contributed by atoms with Crippen molar-refractivity contribution in [1.29, 1.82) is 0 Å². The summed E-state index contributed by atoms with van der Waals surface area (Å²) in [5, 5.41) is 0. The third-order valence-electron chi connectivity index (χ3n) is 3.05. The average Bonchev–Trinajstić information content (AvgIpc) is 2.48. The Morgan fingerprint density at radius 2 is 2.10 bits per heavy atom. The van der Waals surface area contributed by atoms with Crippen molar-refractivity contribution in [3.8, 4) is 11.5 Å². The molecular formula is C16H20N2O2. The largest absolute Gasteiger partial charge is 0.497 e. The smallest absolute Gasteiger partial charge is 0.127 e. The van der Waals surface area contributed by atoms with Gasteiger partial charge in [-0.05, 0) is 25.1 Å². The van der Waals surface area contributed by atoms with Crippen LogP contribution in [0.5, 0.6) is 11.5 Å². The quantitative estimate of drug-likeness (QED) is 0.878. The summed E-state index contributed by atoms with van der Waals surface area (Å²) in [5.74, 6) is 1.54. The molecule has 0 fully saturated rings. The number of rotatable bonds is 6. The third-order valence-corrected chi connectivity index (χ3v) is 3.05. The highest BCUT2D eigenvalue weighted by Gasteiger charge is 2.09. The van der Waals surface area contributed by atoms with Gasteiger partial charge in [-0.3, -0.25) is 4.98 Å². The summed E-state index contributed by atoms with van der Waals surface area (Å²) >= 11 is 0. The first-order valence-electron chi connectivity index (χ1n) is 6.67. The molecule has 0 aliphatic carbocycles. The zero-order valence-electron chi connectivity index (χ0n) is 11.9. The summed E-state index contributed by atoms with van der Waals surface area (Å²) in [6, 6.07) is 11.5. The number of methoxy groups -OCH3 is 1. The van der Waals surface area contributed by atoms with Crippen LogP contribution in [0.3, 0.4) is 0 Å². The van der Waals surface area contributed by atoms with E-state index >= 15 is 0 Å². The lowest BCUT2D eigenvalue weighted by Crippen LogP contribution is -2.10. The Balaban J connectivity index is 2.04. The molecule has 0 radical (unpaired) electrons. The molecule has 0 amide bonds. The Bertz CT molecular complexity index is 541. The number of nitrogens with two attached hydrogens (primary N) is 1. The summed E-state index contributed by atoms with van der Waals surface area (Å²) in [6.45, 7) is 2.50. The number of hydrogen-bond donors (Lipinski definition) is 1. The van der Waals surface area contributed by atoms with Gasteiger partial charge in [0.2, 0.25) is 0 Å². The summed E-state index contributed by atoms with van der Waals surface area (Å²) < 4.78 is 11.1. The van der Waals surface area contributed by atoms with Crippen molar-refractivity contribution in [1.82, 2.24) is 4.98 Å². The first-order chi connectivity index (χ1) is 9.70. The molecule has 4 heteroatoms. The van der Waals surface area contributed by atoms with Crippen LogP contribution in [0.25, 0.3) is 0 Å². The van der Waals surface area contributed by atoms with E-state index in [1.165, 1.54) is 0 Å². The van der Waals surface area contributed by atoms with Gasteiger partial charge in [0.05, 0.1) is 13.7 Å². The van der Waals surface area contributed by atoms with Gasteiger partial charge in [0.25, 0.3) is 0 Å². The fraction of sp³-hybridized carbons (Fsp3) is 0.312. The Morgan fingerprint density at radius 3 is 2.75 bits per heavy atom. The summed E-state index contributed by atoms with van der Waals surface area (Å²) in [4.78, 5) is 4.27. The predicted octanol–water partition coefficient (Wildman–Crippen LogP) is 2.73. The van der Waals surface area contributed by atoms with Crippen LogP contribution in [-0.4, -0.2) is 18.7 Å². The molecule has 1 atom stereocenters. The fourth-order valence-corrected chi connectivity index (χ4v) is 1.95. The van der Waals surface area contributed by atoms with E-state index in [1.807, 2.05) is 43.3 Å². The lowest BCUT2D eigenvalue weighted by molar-refractivity contribution is 0.312. The Labute approximate surface area is 119 Å². The molecule has 2 rings (SSSR count). The lowest BCUT2D eigenvalue weighted by atomic mass is 10.1. The molecule has 2 N–H and O–H groups in total. The zero-order chi connectivity index (χ0) is 14.4. The maximum Gasteiger partial charge on any atom is 0.127 e. The second-order valence-corrected chi connectivity index (χ2v) is 4.61. The lowest BCUT2D eigenvalue weighted by Gasteiger charge is -2.15. The fourth-order valence-electron chi connectivity index (χ4n) is 1.95. The van der Waals surface area contributed by atoms with Gasteiger partial charge >= 0.3 is 0 Å². The van der Waals surface area contributed by atoms with Crippen LogP contribution in [0, 0.1) is 0 Å². The minimum Gasteiger partial charge on any atom is -0.497 e. The maximum atomic E-state index is 5.96. The minimum atomic E-state index is -0.0780. The SMILES string of the molecule is COc1ccc(C(C)N)c(OCCc2ccccn2)c1. The van der Waals surface area contributed by atoms with Crippen LogP contribution in [0.4, 0.5) is 0 Å². The normalized spacial score (nSPS) is 11.9. The van der Waals surface area contributed by atoms with Crippen LogP contribution in [0.15, 0.2) is 42.6 Å². The van der Waals surface area contributed by atoms with Gasteiger partial charge in [-0.25, -0.2) is 0 Å². The zero-order valence-corrected chi connectivity index (χ0v) is 11.9. The van der Waals surface area contributed by atoms with Crippen LogP contribution < -0.4 is 15.2 Å². The molecule has 20 heavy (non-hydrogen) atoms. The molecule has 4 nitrogen and oxygen atoms in total. The van der Waals surface area contributed by atoms with E-state index in [4.69, 9.17) is 15.2 Å². The number of ether oxygens (including phenoxy) is 2. The van der Waals surface area contributed by atoms with Crippen LogP contribution in [-0.2, 0) is 6.42 Å². The maximum absolute atomic E-state index is 5.96. The number of aromatic nitrogens is 1. The van der Waals surface area contributed by atoms with Crippen LogP contribution in [0.1, 0.15) is 24.2 Å². The van der Waals surface area contributed by atoms with Gasteiger partial charge in [0.1, 0.15) is 11.5 Å². The van der Waals surface area contributed by atoms with Crippen molar-refractivity contribution in [2.75, 3.05) is 13.7 Å². The second-order valence-electron chi connectivity index (χ2n) is 4.61. The van der Waals surface area contributed by atoms with E-state index < -0.39 is 0 Å². The molecular weight excluding hydrogens is 252 g/mol. The summed E-state index contributed by atoms with van der Waals surface area (Å²) in [5.41, 5.74) is 7.95. The van der Waals surface area contributed by atoms with Crippen molar-refractivity contribution >= 4 is 0 Å². The summed E-state index contributed by atoms with van der Waals surface area (Å²) in [7, 11) is 1.64. The van der Waals surface area contributed by atoms with Gasteiger partial charge < -0.3 is 15.2 Å². The Hall–Kier alpha value is -2.07. The molecule has 1 aromatic carbocycles. The molecule has 1 aromatic heterocycles.